The van der Waals surface area contributed by atoms with Crippen LogP contribution in [0.2, 0.25) is 0 Å². The number of hydrogen-bond donors (Lipinski definition) is 3. The molecule has 0 saturated carbocycles. The molecular formula is C11H16ClN3O3S2. The van der Waals surface area contributed by atoms with Crippen molar-refractivity contribution < 1.29 is 13.2 Å². The smallest absolute Gasteiger partial charge is 0.242 e. The maximum absolute atomic E-state index is 11.9. The van der Waals surface area contributed by atoms with E-state index in [2.05, 4.69) is 15.4 Å². The van der Waals surface area contributed by atoms with Crippen LogP contribution in [0.15, 0.2) is 29.2 Å². The van der Waals surface area contributed by atoms with Crippen LogP contribution >= 0.6 is 24.2 Å². The number of thioether (sulfide) groups is 1. The second-order valence-electron chi connectivity index (χ2n) is 4.00. The fourth-order valence-electron chi connectivity index (χ4n) is 1.65. The lowest BCUT2D eigenvalue weighted by atomic mass is 10.2. The van der Waals surface area contributed by atoms with Crippen LogP contribution in [0.5, 0.6) is 0 Å². The molecule has 6 nitrogen and oxygen atoms in total. The van der Waals surface area contributed by atoms with E-state index in [0.717, 1.165) is 11.6 Å². The summed E-state index contributed by atoms with van der Waals surface area (Å²) in [5.74, 6) is 1.33. The van der Waals surface area contributed by atoms with Crippen LogP contribution in [-0.4, -0.2) is 39.0 Å². The Morgan fingerprint density at radius 2 is 2.20 bits per heavy atom. The summed E-state index contributed by atoms with van der Waals surface area (Å²) in [5.41, 5.74) is 0.472. The fraction of sp³-hybridized carbons (Fsp3) is 0.364. The minimum absolute atomic E-state index is 0. The van der Waals surface area contributed by atoms with Crippen molar-refractivity contribution in [3.63, 3.8) is 0 Å². The highest BCUT2D eigenvalue weighted by Crippen LogP contribution is 2.17. The zero-order chi connectivity index (χ0) is 13.9. The minimum Gasteiger partial charge on any atom is -0.325 e. The number of rotatable bonds is 4. The number of amides is 1. The second-order valence-corrected chi connectivity index (χ2v) is 6.91. The summed E-state index contributed by atoms with van der Waals surface area (Å²) in [4.78, 5) is 12.0. The monoisotopic (exact) mass is 337 g/mol. The lowest BCUT2D eigenvalue weighted by Gasteiger charge is -2.11. The molecule has 0 spiro atoms. The topological polar surface area (TPSA) is 87.3 Å². The van der Waals surface area contributed by atoms with Crippen molar-refractivity contribution in [2.24, 2.45) is 0 Å². The number of benzene rings is 1. The lowest BCUT2D eigenvalue weighted by Crippen LogP contribution is -2.37. The molecule has 2 rings (SSSR count). The molecule has 3 N–H and O–H groups in total. The van der Waals surface area contributed by atoms with Crippen LogP contribution in [0.1, 0.15) is 0 Å². The predicted molar refractivity (Wildman–Crippen MR) is 82.8 cm³/mol. The maximum Gasteiger partial charge on any atom is 0.242 e. The van der Waals surface area contributed by atoms with E-state index in [9.17, 15) is 13.2 Å². The van der Waals surface area contributed by atoms with E-state index in [1.807, 2.05) is 0 Å². The maximum atomic E-state index is 11.9. The van der Waals surface area contributed by atoms with Crippen molar-refractivity contribution in [3.8, 4) is 0 Å². The molecule has 0 bridgehead atoms. The number of carbonyl (C=O) groups is 1. The van der Waals surface area contributed by atoms with E-state index >= 15 is 0 Å². The number of sulfonamides is 1. The van der Waals surface area contributed by atoms with Gasteiger partial charge in [0, 0.05) is 17.3 Å². The second kappa shape index (κ2) is 7.28. The average Bonchev–Trinajstić information content (AvgIpc) is 2.93. The van der Waals surface area contributed by atoms with Gasteiger partial charge in [0.2, 0.25) is 15.9 Å². The SMILES string of the molecule is CNS(=O)(=O)c1cccc(NC(=O)C2CSCN2)c1.Cl. The first-order valence-corrected chi connectivity index (χ1v) is 8.32. The molecule has 1 amide bonds. The average molecular weight is 338 g/mol. The van der Waals surface area contributed by atoms with Crippen molar-refractivity contribution in [1.82, 2.24) is 10.0 Å². The van der Waals surface area contributed by atoms with Crippen LogP contribution < -0.4 is 15.4 Å². The van der Waals surface area contributed by atoms with Crippen LogP contribution in [0.3, 0.4) is 0 Å². The molecule has 1 fully saturated rings. The van der Waals surface area contributed by atoms with E-state index in [0.29, 0.717) is 5.69 Å². The van der Waals surface area contributed by atoms with Gasteiger partial charge in [-0.05, 0) is 25.2 Å². The molecule has 20 heavy (non-hydrogen) atoms. The number of carbonyl (C=O) groups excluding carboxylic acids is 1. The zero-order valence-electron chi connectivity index (χ0n) is 10.8. The number of anilines is 1. The van der Waals surface area contributed by atoms with Crippen molar-refractivity contribution in [2.45, 2.75) is 10.9 Å². The summed E-state index contributed by atoms with van der Waals surface area (Å²) in [6, 6.07) is 5.94. The summed E-state index contributed by atoms with van der Waals surface area (Å²) in [6.45, 7) is 0. The first kappa shape index (κ1) is 17.3. The summed E-state index contributed by atoms with van der Waals surface area (Å²) in [5, 5.41) is 5.77. The van der Waals surface area contributed by atoms with Gasteiger partial charge in [-0.15, -0.1) is 24.2 Å². The van der Waals surface area contributed by atoms with E-state index in [1.165, 1.54) is 19.2 Å². The summed E-state index contributed by atoms with van der Waals surface area (Å²) >= 11 is 1.65. The molecule has 112 valence electrons. The molecule has 1 atom stereocenters. The highest BCUT2D eigenvalue weighted by atomic mass is 35.5. The number of halogens is 1. The lowest BCUT2D eigenvalue weighted by molar-refractivity contribution is -0.117. The first-order chi connectivity index (χ1) is 9.03. The Kier molecular flexibility index (Phi) is 6.28. The molecular weight excluding hydrogens is 322 g/mol. The van der Waals surface area contributed by atoms with E-state index in [1.54, 1.807) is 23.9 Å². The Bertz CT molecular complexity index is 574. The van der Waals surface area contributed by atoms with Gasteiger partial charge in [0.1, 0.15) is 0 Å². The third-order valence-corrected chi connectivity index (χ3v) is 5.07. The highest BCUT2D eigenvalue weighted by Gasteiger charge is 2.22. The van der Waals surface area contributed by atoms with Gasteiger partial charge in [0.25, 0.3) is 0 Å². The molecule has 0 radical (unpaired) electrons. The molecule has 1 aliphatic rings. The van der Waals surface area contributed by atoms with E-state index in [-0.39, 0.29) is 29.3 Å². The molecule has 0 aromatic heterocycles. The van der Waals surface area contributed by atoms with Gasteiger partial charge in [0.05, 0.1) is 10.9 Å². The van der Waals surface area contributed by atoms with Gasteiger partial charge < -0.3 is 5.32 Å². The predicted octanol–water partition coefficient (Wildman–Crippen LogP) is 0.617. The molecule has 1 saturated heterocycles. The quantitative estimate of drug-likeness (QED) is 0.749. The van der Waals surface area contributed by atoms with Gasteiger partial charge in [-0.25, -0.2) is 13.1 Å². The number of nitrogens with one attached hydrogen (secondary N) is 3. The van der Waals surface area contributed by atoms with Crippen LogP contribution in [-0.2, 0) is 14.8 Å². The third kappa shape index (κ3) is 4.10. The Morgan fingerprint density at radius 1 is 1.45 bits per heavy atom. The summed E-state index contributed by atoms with van der Waals surface area (Å²) in [6.07, 6.45) is 0. The molecule has 0 aliphatic carbocycles. The van der Waals surface area contributed by atoms with Crippen LogP contribution in [0, 0.1) is 0 Å². The molecule has 1 aliphatic heterocycles. The minimum atomic E-state index is -3.50. The van der Waals surface area contributed by atoms with Gasteiger partial charge in [-0.1, -0.05) is 6.07 Å². The number of hydrogen-bond acceptors (Lipinski definition) is 5. The molecule has 1 aromatic carbocycles. The summed E-state index contributed by atoms with van der Waals surface area (Å²) in [7, 11) is -2.15. The first-order valence-electron chi connectivity index (χ1n) is 5.68. The van der Waals surface area contributed by atoms with Crippen molar-refractivity contribution in [1.29, 1.82) is 0 Å². The largest absolute Gasteiger partial charge is 0.325 e. The standard InChI is InChI=1S/C11H15N3O3S2.ClH/c1-12-19(16,17)9-4-2-3-8(5-9)14-11(15)10-6-18-7-13-10;/h2-5,10,12-13H,6-7H2,1H3,(H,14,15);1H. The van der Waals surface area contributed by atoms with E-state index < -0.39 is 10.0 Å². The molecule has 1 aromatic rings. The molecule has 9 heteroatoms. The Hall–Kier alpha value is -0.800. The molecule has 1 heterocycles. The van der Waals surface area contributed by atoms with E-state index in [4.69, 9.17) is 0 Å². The Labute approximate surface area is 128 Å². The van der Waals surface area contributed by atoms with Crippen molar-refractivity contribution in [3.05, 3.63) is 24.3 Å². The van der Waals surface area contributed by atoms with Crippen LogP contribution in [0.25, 0.3) is 0 Å². The van der Waals surface area contributed by atoms with Crippen molar-refractivity contribution >= 4 is 45.8 Å². The fourth-order valence-corrected chi connectivity index (χ4v) is 3.37. The zero-order valence-corrected chi connectivity index (χ0v) is 13.2. The van der Waals surface area contributed by atoms with Crippen LogP contribution in [0.4, 0.5) is 5.69 Å². The summed E-state index contributed by atoms with van der Waals surface area (Å²) < 4.78 is 25.5. The van der Waals surface area contributed by atoms with Gasteiger partial charge in [-0.3, -0.25) is 10.1 Å². The normalized spacial score (nSPS) is 18.4. The van der Waals surface area contributed by atoms with Gasteiger partial charge in [0.15, 0.2) is 0 Å². The Balaban J connectivity index is 0.00000200. The van der Waals surface area contributed by atoms with Crippen molar-refractivity contribution in [2.75, 3.05) is 24.0 Å². The third-order valence-electron chi connectivity index (χ3n) is 2.71. The Morgan fingerprint density at radius 3 is 2.80 bits per heavy atom. The molecule has 1 unspecified atom stereocenters. The van der Waals surface area contributed by atoms with Gasteiger partial charge >= 0.3 is 0 Å². The highest BCUT2D eigenvalue weighted by molar-refractivity contribution is 7.99. The van der Waals surface area contributed by atoms with Gasteiger partial charge in [-0.2, -0.15) is 0 Å².